The van der Waals surface area contributed by atoms with Gasteiger partial charge in [-0.1, -0.05) is 18.2 Å². The summed E-state index contributed by atoms with van der Waals surface area (Å²) in [5, 5.41) is 3.33. The third-order valence-corrected chi connectivity index (χ3v) is 4.41. The van der Waals surface area contributed by atoms with Crippen LogP contribution in [0.15, 0.2) is 48.7 Å². The van der Waals surface area contributed by atoms with Crippen LogP contribution in [0.3, 0.4) is 0 Å². The maximum Gasteiger partial charge on any atom is 0.204 e. The van der Waals surface area contributed by atoms with E-state index in [4.69, 9.17) is 9.97 Å². The van der Waals surface area contributed by atoms with E-state index in [9.17, 15) is 0 Å². The molecule has 0 aliphatic carbocycles. The molecule has 0 unspecified atom stereocenters. The van der Waals surface area contributed by atoms with E-state index in [1.165, 1.54) is 0 Å². The van der Waals surface area contributed by atoms with Crippen LogP contribution < -0.4 is 5.32 Å². The van der Waals surface area contributed by atoms with Crippen LogP contribution in [0.25, 0.3) is 33.8 Å². The van der Waals surface area contributed by atoms with Gasteiger partial charge in [-0.05, 0) is 31.2 Å². The maximum atomic E-state index is 4.82. The predicted octanol–water partition coefficient (Wildman–Crippen LogP) is 3.29. The van der Waals surface area contributed by atoms with Gasteiger partial charge in [0.25, 0.3) is 0 Å². The quantitative estimate of drug-likeness (QED) is 0.611. The Morgan fingerprint density at radius 2 is 1.80 bits per heavy atom. The molecule has 0 bridgehead atoms. The second kappa shape index (κ2) is 5.37. The molecular weight excluding hydrogens is 312 g/mol. The van der Waals surface area contributed by atoms with Crippen molar-refractivity contribution in [2.75, 3.05) is 11.9 Å². The van der Waals surface area contributed by atoms with E-state index in [1.54, 1.807) is 0 Å². The molecule has 0 atom stereocenters. The van der Waals surface area contributed by atoms with Gasteiger partial charge in [-0.2, -0.15) is 0 Å². The average Bonchev–Trinajstić information content (AvgIpc) is 3.22. The Labute approximate surface area is 144 Å². The predicted molar refractivity (Wildman–Crippen MR) is 97.2 cm³/mol. The highest BCUT2D eigenvalue weighted by molar-refractivity contribution is 5.82. The van der Waals surface area contributed by atoms with Crippen molar-refractivity contribution in [1.82, 2.24) is 24.5 Å². The number of para-hydroxylation sites is 2. The number of anilines is 1. The van der Waals surface area contributed by atoms with Gasteiger partial charge < -0.3 is 9.88 Å². The Hall–Kier alpha value is -3.28. The molecule has 0 spiro atoms. The number of hydrogen-bond donors (Lipinski definition) is 1. The number of aromatic nitrogens is 5. The molecule has 122 valence electrons. The highest BCUT2D eigenvalue weighted by Crippen LogP contribution is 2.34. The van der Waals surface area contributed by atoms with Gasteiger partial charge in [0.05, 0.1) is 28.6 Å². The molecule has 3 aromatic heterocycles. The molecule has 0 fully saturated rings. The van der Waals surface area contributed by atoms with Gasteiger partial charge in [0, 0.05) is 18.8 Å². The summed E-state index contributed by atoms with van der Waals surface area (Å²) >= 11 is 0. The average molecular weight is 328 g/mol. The fourth-order valence-electron chi connectivity index (χ4n) is 3.27. The fraction of sp³-hybridized carbons (Fsp3) is 0.158. The van der Waals surface area contributed by atoms with Gasteiger partial charge in [0.15, 0.2) is 0 Å². The standard InChI is InChI=1S/C19H16N6/c1-12-5-4-8-15(22-12)17-18(25-10-9-20-19(25)24-17)16-11-21-13-6-2-3-7-14(13)23-16/h2-8,11H,9-10H2,1H3,(H,20,24). The smallest absolute Gasteiger partial charge is 0.204 e. The first-order valence-corrected chi connectivity index (χ1v) is 8.30. The van der Waals surface area contributed by atoms with Gasteiger partial charge >= 0.3 is 0 Å². The van der Waals surface area contributed by atoms with E-state index in [0.717, 1.165) is 58.5 Å². The minimum atomic E-state index is 0.819. The van der Waals surface area contributed by atoms with Crippen LogP contribution in [0.4, 0.5) is 5.95 Å². The number of aryl methyl sites for hydroxylation is 1. The van der Waals surface area contributed by atoms with Crippen molar-refractivity contribution in [3.8, 4) is 22.8 Å². The molecule has 4 aromatic rings. The number of nitrogens with zero attached hydrogens (tertiary/aromatic N) is 5. The van der Waals surface area contributed by atoms with Crippen molar-refractivity contribution in [2.24, 2.45) is 0 Å². The summed E-state index contributed by atoms with van der Waals surface area (Å²) in [5.74, 6) is 0.864. The molecular formula is C19H16N6. The first-order chi connectivity index (χ1) is 12.3. The molecule has 4 heterocycles. The van der Waals surface area contributed by atoms with Gasteiger partial charge in [-0.15, -0.1) is 0 Å². The van der Waals surface area contributed by atoms with Crippen molar-refractivity contribution in [3.05, 3.63) is 54.4 Å². The van der Waals surface area contributed by atoms with Crippen molar-refractivity contribution < 1.29 is 0 Å². The second-order valence-electron chi connectivity index (χ2n) is 6.12. The summed E-state index contributed by atoms with van der Waals surface area (Å²) in [7, 11) is 0. The van der Waals surface area contributed by atoms with E-state index in [2.05, 4.69) is 19.9 Å². The summed E-state index contributed by atoms with van der Waals surface area (Å²) in [6, 6.07) is 13.9. The van der Waals surface area contributed by atoms with Gasteiger partial charge in [0.2, 0.25) is 5.95 Å². The lowest BCUT2D eigenvalue weighted by molar-refractivity contribution is 0.814. The SMILES string of the molecule is Cc1cccc(-c2nc3n(c2-c2cnc4ccccc4n2)CCN3)n1. The largest absolute Gasteiger partial charge is 0.354 e. The molecule has 6 heteroatoms. The minimum Gasteiger partial charge on any atom is -0.354 e. The van der Waals surface area contributed by atoms with E-state index in [1.807, 2.05) is 55.6 Å². The van der Waals surface area contributed by atoms with E-state index >= 15 is 0 Å². The number of pyridine rings is 1. The zero-order valence-electron chi connectivity index (χ0n) is 13.8. The number of imidazole rings is 1. The molecule has 0 radical (unpaired) electrons. The second-order valence-corrected chi connectivity index (χ2v) is 6.12. The third kappa shape index (κ3) is 2.26. The molecule has 25 heavy (non-hydrogen) atoms. The summed E-state index contributed by atoms with van der Waals surface area (Å²) in [6.45, 7) is 3.72. The van der Waals surface area contributed by atoms with E-state index < -0.39 is 0 Å². The number of hydrogen-bond acceptors (Lipinski definition) is 5. The third-order valence-electron chi connectivity index (χ3n) is 4.41. The lowest BCUT2D eigenvalue weighted by Gasteiger charge is -2.08. The highest BCUT2D eigenvalue weighted by Gasteiger charge is 2.25. The Balaban J connectivity index is 1.76. The molecule has 6 nitrogen and oxygen atoms in total. The number of rotatable bonds is 2. The molecule has 0 saturated carbocycles. The Kier molecular flexibility index (Phi) is 3.03. The van der Waals surface area contributed by atoms with Crippen molar-refractivity contribution in [2.45, 2.75) is 13.5 Å². The Morgan fingerprint density at radius 3 is 2.68 bits per heavy atom. The van der Waals surface area contributed by atoms with Gasteiger partial charge in [0.1, 0.15) is 11.4 Å². The molecule has 0 saturated heterocycles. The zero-order chi connectivity index (χ0) is 16.8. The van der Waals surface area contributed by atoms with Gasteiger partial charge in [-0.3, -0.25) is 9.97 Å². The topological polar surface area (TPSA) is 68.5 Å². The molecule has 5 rings (SSSR count). The Morgan fingerprint density at radius 1 is 0.920 bits per heavy atom. The minimum absolute atomic E-state index is 0.819. The van der Waals surface area contributed by atoms with Crippen LogP contribution in [-0.2, 0) is 6.54 Å². The van der Waals surface area contributed by atoms with Crippen molar-refractivity contribution >= 4 is 17.0 Å². The van der Waals surface area contributed by atoms with Crippen LogP contribution >= 0.6 is 0 Å². The summed E-state index contributed by atoms with van der Waals surface area (Å²) in [4.78, 5) is 18.8. The molecule has 1 N–H and O–H groups in total. The summed E-state index contributed by atoms with van der Waals surface area (Å²) in [5.41, 5.74) is 6.22. The number of fused-ring (bicyclic) bond motifs is 2. The van der Waals surface area contributed by atoms with E-state index in [0.29, 0.717) is 0 Å². The lowest BCUT2D eigenvalue weighted by Crippen LogP contribution is -2.01. The summed E-state index contributed by atoms with van der Waals surface area (Å²) in [6.07, 6.45) is 1.82. The van der Waals surface area contributed by atoms with E-state index in [-0.39, 0.29) is 0 Å². The van der Waals surface area contributed by atoms with Crippen LogP contribution in [0.2, 0.25) is 0 Å². The number of benzene rings is 1. The van der Waals surface area contributed by atoms with Crippen LogP contribution in [-0.4, -0.2) is 31.0 Å². The monoisotopic (exact) mass is 328 g/mol. The van der Waals surface area contributed by atoms with Crippen LogP contribution in [0.5, 0.6) is 0 Å². The molecule has 1 aliphatic rings. The maximum absolute atomic E-state index is 4.82. The van der Waals surface area contributed by atoms with Crippen LogP contribution in [0, 0.1) is 6.92 Å². The fourth-order valence-corrected chi connectivity index (χ4v) is 3.27. The lowest BCUT2D eigenvalue weighted by atomic mass is 10.1. The Bertz CT molecular complexity index is 1100. The van der Waals surface area contributed by atoms with Crippen molar-refractivity contribution in [3.63, 3.8) is 0 Å². The molecule has 1 aliphatic heterocycles. The first kappa shape index (κ1) is 14.1. The van der Waals surface area contributed by atoms with Crippen LogP contribution in [0.1, 0.15) is 5.69 Å². The summed E-state index contributed by atoms with van der Waals surface area (Å²) < 4.78 is 2.16. The van der Waals surface area contributed by atoms with Crippen molar-refractivity contribution in [1.29, 1.82) is 0 Å². The first-order valence-electron chi connectivity index (χ1n) is 8.30. The zero-order valence-corrected chi connectivity index (χ0v) is 13.8. The molecule has 1 aromatic carbocycles. The number of nitrogens with one attached hydrogen (secondary N) is 1. The normalized spacial score (nSPS) is 13.0. The van der Waals surface area contributed by atoms with Gasteiger partial charge in [-0.25, -0.2) is 9.97 Å². The highest BCUT2D eigenvalue weighted by atomic mass is 15.3. The molecule has 0 amide bonds.